The number of aliphatic hydroxyl groups is 1. The molecule has 0 radical (unpaired) electrons. The van der Waals surface area contributed by atoms with E-state index in [1.807, 2.05) is 0 Å². The molecule has 3 N–H and O–H groups in total. The second-order valence-electron chi connectivity index (χ2n) is 7.09. The molecule has 2 atom stereocenters. The largest absolute Gasteiger partial charge is 0.396 e. The first-order chi connectivity index (χ1) is 11.2. The fourth-order valence-corrected chi connectivity index (χ4v) is 3.57. The van der Waals surface area contributed by atoms with Gasteiger partial charge in [-0.3, -0.25) is 0 Å². The highest BCUT2D eigenvalue weighted by atomic mass is 16.3. The number of aliphatic hydroxyl groups excluding tert-OH is 1. The van der Waals surface area contributed by atoms with Gasteiger partial charge in [0, 0.05) is 51.3 Å². The van der Waals surface area contributed by atoms with Gasteiger partial charge in [-0.25, -0.2) is 4.79 Å². The van der Waals surface area contributed by atoms with Crippen molar-refractivity contribution < 1.29 is 9.90 Å². The lowest BCUT2D eigenvalue weighted by atomic mass is 9.85. The summed E-state index contributed by atoms with van der Waals surface area (Å²) in [7, 11) is 2.17. The maximum absolute atomic E-state index is 12.0. The van der Waals surface area contributed by atoms with Gasteiger partial charge in [0.25, 0.3) is 0 Å². The highest BCUT2D eigenvalue weighted by molar-refractivity contribution is 5.74. The lowest BCUT2D eigenvalue weighted by Crippen LogP contribution is -2.48. The van der Waals surface area contributed by atoms with E-state index in [0.29, 0.717) is 0 Å². The lowest BCUT2D eigenvalue weighted by molar-refractivity contribution is 0.151. The Morgan fingerprint density at radius 3 is 2.61 bits per heavy atom. The molecule has 1 saturated carbocycles. The van der Waals surface area contributed by atoms with Crippen molar-refractivity contribution in [3.8, 4) is 0 Å². The number of rotatable bonds is 7. The van der Waals surface area contributed by atoms with Gasteiger partial charge in [-0.15, -0.1) is 0 Å². The summed E-state index contributed by atoms with van der Waals surface area (Å²) in [5.74, 6) is 0.228. The molecule has 0 aromatic rings. The molecule has 1 aliphatic heterocycles. The number of nitrogens with one attached hydrogen (secondary N) is 2. The summed E-state index contributed by atoms with van der Waals surface area (Å²) in [6.45, 7) is 6.68. The Hall–Kier alpha value is -0.850. The summed E-state index contributed by atoms with van der Waals surface area (Å²) >= 11 is 0. The Morgan fingerprint density at radius 2 is 1.87 bits per heavy atom. The number of amides is 2. The van der Waals surface area contributed by atoms with Crippen LogP contribution >= 0.6 is 0 Å². The number of hydrogen-bond acceptors (Lipinski definition) is 4. The molecule has 2 unspecified atom stereocenters. The van der Waals surface area contributed by atoms with Crippen molar-refractivity contribution in [3.05, 3.63) is 0 Å². The van der Waals surface area contributed by atoms with E-state index in [4.69, 9.17) is 0 Å². The van der Waals surface area contributed by atoms with E-state index in [0.717, 1.165) is 77.8 Å². The van der Waals surface area contributed by atoms with E-state index in [1.165, 1.54) is 0 Å². The van der Waals surface area contributed by atoms with E-state index in [1.54, 1.807) is 0 Å². The minimum absolute atomic E-state index is 0.0741. The van der Waals surface area contributed by atoms with E-state index in [2.05, 4.69) is 27.5 Å². The third kappa shape index (κ3) is 6.65. The molecule has 0 spiro atoms. The fourth-order valence-electron chi connectivity index (χ4n) is 3.57. The average Bonchev–Trinajstić information content (AvgIpc) is 2.57. The number of hydrogen-bond donors (Lipinski definition) is 3. The molecule has 23 heavy (non-hydrogen) atoms. The Labute approximate surface area is 140 Å². The molecule has 1 aliphatic carbocycles. The summed E-state index contributed by atoms with van der Waals surface area (Å²) in [4.78, 5) is 16.8. The van der Waals surface area contributed by atoms with Gasteiger partial charge in [-0.05, 0) is 39.3 Å². The van der Waals surface area contributed by atoms with E-state index >= 15 is 0 Å². The molecular weight excluding hydrogens is 292 g/mol. The fraction of sp³-hybridized carbons (Fsp3) is 0.941. The number of urea groups is 1. The normalized spacial score (nSPS) is 26.9. The number of carbonyl (C=O) groups excluding carboxylic acids is 1. The van der Waals surface area contributed by atoms with E-state index in [9.17, 15) is 9.90 Å². The van der Waals surface area contributed by atoms with Crippen molar-refractivity contribution in [2.75, 3.05) is 52.9 Å². The molecule has 134 valence electrons. The van der Waals surface area contributed by atoms with Crippen molar-refractivity contribution >= 4 is 6.03 Å². The van der Waals surface area contributed by atoms with Crippen LogP contribution in [0.2, 0.25) is 0 Å². The Kier molecular flexibility index (Phi) is 8.12. The van der Waals surface area contributed by atoms with Gasteiger partial charge in [-0.2, -0.15) is 0 Å². The number of unbranched alkanes of at least 4 members (excludes halogenated alkanes) is 1. The summed E-state index contributed by atoms with van der Waals surface area (Å²) in [6.07, 6.45) is 6.47. The SMILES string of the molecule is CN1CCN(CCCCNC(=O)NC2CCCCC2CO)CC1. The predicted molar refractivity (Wildman–Crippen MR) is 92.5 cm³/mol. The molecule has 6 heteroatoms. The molecular formula is C17H34N4O2. The third-order valence-electron chi connectivity index (χ3n) is 5.24. The van der Waals surface area contributed by atoms with Crippen LogP contribution in [-0.2, 0) is 0 Å². The molecule has 0 aromatic carbocycles. The van der Waals surface area contributed by atoms with Gasteiger partial charge >= 0.3 is 6.03 Å². The Balaban J connectivity index is 1.51. The zero-order chi connectivity index (χ0) is 16.5. The van der Waals surface area contributed by atoms with Crippen molar-refractivity contribution in [3.63, 3.8) is 0 Å². The highest BCUT2D eigenvalue weighted by Gasteiger charge is 2.25. The molecule has 2 rings (SSSR count). The van der Waals surface area contributed by atoms with Crippen LogP contribution in [0.3, 0.4) is 0 Å². The number of piperazine rings is 1. The average molecular weight is 326 g/mol. The molecule has 2 aliphatic rings. The highest BCUT2D eigenvalue weighted by Crippen LogP contribution is 2.23. The second kappa shape index (κ2) is 10.1. The van der Waals surface area contributed by atoms with Crippen LogP contribution in [0.1, 0.15) is 38.5 Å². The molecule has 1 saturated heterocycles. The molecule has 2 amide bonds. The van der Waals surface area contributed by atoms with Crippen LogP contribution in [0, 0.1) is 5.92 Å². The second-order valence-corrected chi connectivity index (χ2v) is 7.09. The summed E-state index contributed by atoms with van der Waals surface area (Å²) < 4.78 is 0. The van der Waals surface area contributed by atoms with Gasteiger partial charge in [0.1, 0.15) is 0 Å². The van der Waals surface area contributed by atoms with Crippen molar-refractivity contribution in [1.82, 2.24) is 20.4 Å². The summed E-state index contributed by atoms with van der Waals surface area (Å²) in [5, 5.41) is 15.4. The quantitative estimate of drug-likeness (QED) is 0.607. The van der Waals surface area contributed by atoms with Crippen LogP contribution in [0.4, 0.5) is 4.79 Å². The minimum Gasteiger partial charge on any atom is -0.396 e. The first-order valence-corrected chi connectivity index (χ1v) is 9.25. The number of nitrogens with zero attached hydrogens (tertiary/aromatic N) is 2. The zero-order valence-electron chi connectivity index (χ0n) is 14.6. The van der Waals surface area contributed by atoms with Crippen LogP contribution in [0.5, 0.6) is 0 Å². The van der Waals surface area contributed by atoms with Crippen LogP contribution < -0.4 is 10.6 Å². The third-order valence-corrected chi connectivity index (χ3v) is 5.24. The summed E-state index contributed by atoms with van der Waals surface area (Å²) in [5.41, 5.74) is 0. The molecule has 0 aromatic heterocycles. The smallest absolute Gasteiger partial charge is 0.315 e. The number of likely N-dealkylation sites (N-methyl/N-ethyl adjacent to an activating group) is 1. The van der Waals surface area contributed by atoms with Crippen molar-refractivity contribution in [1.29, 1.82) is 0 Å². The molecule has 6 nitrogen and oxygen atoms in total. The number of carbonyl (C=O) groups is 1. The predicted octanol–water partition coefficient (Wildman–Crippen LogP) is 0.864. The zero-order valence-corrected chi connectivity index (χ0v) is 14.6. The lowest BCUT2D eigenvalue weighted by Gasteiger charge is -2.32. The maximum atomic E-state index is 12.0. The Morgan fingerprint density at radius 1 is 1.13 bits per heavy atom. The molecule has 2 fully saturated rings. The first kappa shape index (κ1) is 18.5. The van der Waals surface area contributed by atoms with Crippen LogP contribution in [0.15, 0.2) is 0 Å². The van der Waals surface area contributed by atoms with E-state index in [-0.39, 0.29) is 24.6 Å². The monoisotopic (exact) mass is 326 g/mol. The van der Waals surface area contributed by atoms with Crippen molar-refractivity contribution in [2.24, 2.45) is 5.92 Å². The first-order valence-electron chi connectivity index (χ1n) is 9.25. The minimum atomic E-state index is -0.0741. The molecule has 0 bridgehead atoms. The standard InChI is InChI=1S/C17H34N4O2/c1-20-10-12-21(13-11-20)9-5-4-8-18-17(23)19-16-7-3-2-6-15(16)14-22/h15-16,22H,2-14H2,1H3,(H2,18,19,23). The van der Waals surface area contributed by atoms with Crippen LogP contribution in [0.25, 0.3) is 0 Å². The topological polar surface area (TPSA) is 67.8 Å². The van der Waals surface area contributed by atoms with Gasteiger partial charge < -0.3 is 25.5 Å². The van der Waals surface area contributed by atoms with Crippen molar-refractivity contribution in [2.45, 2.75) is 44.6 Å². The summed E-state index contributed by atoms with van der Waals surface area (Å²) in [6, 6.07) is 0.0639. The van der Waals surface area contributed by atoms with E-state index < -0.39 is 0 Å². The van der Waals surface area contributed by atoms with Gasteiger partial charge in [0.05, 0.1) is 0 Å². The Bertz CT molecular complexity index is 345. The van der Waals surface area contributed by atoms with Gasteiger partial charge in [0.2, 0.25) is 0 Å². The van der Waals surface area contributed by atoms with Crippen LogP contribution in [-0.4, -0.2) is 79.9 Å². The maximum Gasteiger partial charge on any atom is 0.315 e. The molecule has 1 heterocycles. The van der Waals surface area contributed by atoms with Gasteiger partial charge in [-0.1, -0.05) is 12.8 Å². The van der Waals surface area contributed by atoms with Gasteiger partial charge in [0.15, 0.2) is 0 Å².